The first kappa shape index (κ1) is 21.0. The number of carbonyl (C=O) groups is 1. The van der Waals surface area contributed by atoms with Gasteiger partial charge in [-0.2, -0.15) is 0 Å². The Morgan fingerprint density at radius 1 is 1.25 bits per heavy atom. The second-order valence-corrected chi connectivity index (χ2v) is 8.18. The van der Waals surface area contributed by atoms with Gasteiger partial charge in [-0.3, -0.25) is 9.69 Å². The molecule has 0 unspecified atom stereocenters. The third-order valence-electron chi connectivity index (χ3n) is 4.50. The first-order valence-electron chi connectivity index (χ1n) is 9.25. The van der Waals surface area contributed by atoms with Crippen molar-refractivity contribution in [2.75, 3.05) is 19.3 Å². The van der Waals surface area contributed by atoms with E-state index in [0.29, 0.717) is 11.7 Å². The van der Waals surface area contributed by atoms with Crippen LogP contribution in [0.5, 0.6) is 0 Å². The van der Waals surface area contributed by atoms with Gasteiger partial charge in [0.05, 0.1) is 23.4 Å². The number of halogens is 1. The fourth-order valence-electron chi connectivity index (χ4n) is 3.31. The lowest BCUT2D eigenvalue weighted by Crippen LogP contribution is -2.44. The van der Waals surface area contributed by atoms with Crippen LogP contribution in [-0.2, 0) is 17.8 Å². The molecule has 0 radical (unpaired) electrons. The normalized spacial score (nSPS) is 20.1. The second kappa shape index (κ2) is 9.69. The number of benzene rings is 1. The van der Waals surface area contributed by atoms with Crippen LogP contribution in [-0.4, -0.2) is 52.3 Å². The van der Waals surface area contributed by atoms with Crippen molar-refractivity contribution < 1.29 is 9.53 Å². The highest BCUT2D eigenvalue weighted by atomic mass is 35.5. The number of rotatable bonds is 6. The fourth-order valence-corrected chi connectivity index (χ4v) is 3.83. The van der Waals surface area contributed by atoms with Gasteiger partial charge in [0.1, 0.15) is 0 Å². The zero-order valence-corrected chi connectivity index (χ0v) is 17.9. The van der Waals surface area contributed by atoms with E-state index in [1.165, 1.54) is 23.5 Å². The van der Waals surface area contributed by atoms with Crippen LogP contribution in [0.4, 0.5) is 0 Å². The Kier molecular flexibility index (Phi) is 7.29. The van der Waals surface area contributed by atoms with Crippen LogP contribution in [0, 0.1) is 0 Å². The van der Waals surface area contributed by atoms with Crippen molar-refractivity contribution in [2.24, 2.45) is 0 Å². The van der Waals surface area contributed by atoms with Crippen LogP contribution >= 0.6 is 23.4 Å². The lowest BCUT2D eigenvalue weighted by Gasteiger charge is -2.35. The summed E-state index contributed by atoms with van der Waals surface area (Å²) in [6, 6.07) is 8.29. The number of amides is 1. The molecule has 1 saturated heterocycles. The van der Waals surface area contributed by atoms with Crippen molar-refractivity contribution in [2.45, 2.75) is 44.3 Å². The van der Waals surface area contributed by atoms with Gasteiger partial charge in [-0.1, -0.05) is 47.6 Å². The predicted molar refractivity (Wildman–Crippen MR) is 112 cm³/mol. The molecule has 3 rings (SSSR count). The van der Waals surface area contributed by atoms with Gasteiger partial charge in [-0.25, -0.2) is 9.97 Å². The van der Waals surface area contributed by atoms with Crippen molar-refractivity contribution in [3.05, 3.63) is 52.3 Å². The number of nitrogens with zero attached hydrogens (tertiary/aromatic N) is 3. The Morgan fingerprint density at radius 3 is 2.54 bits per heavy atom. The number of ether oxygens (including phenoxy) is 1. The highest BCUT2D eigenvalue weighted by Gasteiger charge is 2.22. The Hall–Kier alpha value is -1.67. The van der Waals surface area contributed by atoms with E-state index in [1.54, 1.807) is 0 Å². The second-order valence-electron chi connectivity index (χ2n) is 7.00. The van der Waals surface area contributed by atoms with Gasteiger partial charge in [-0.15, -0.1) is 0 Å². The average Bonchev–Trinajstić information content (AvgIpc) is 2.67. The summed E-state index contributed by atoms with van der Waals surface area (Å²) in [4.78, 5) is 23.0. The quantitative estimate of drug-likeness (QED) is 0.570. The van der Waals surface area contributed by atoms with Gasteiger partial charge in [-0.05, 0) is 31.2 Å². The van der Waals surface area contributed by atoms with Crippen molar-refractivity contribution in [3.8, 4) is 0 Å². The van der Waals surface area contributed by atoms with E-state index in [4.69, 9.17) is 16.3 Å². The number of aromatic nitrogens is 2. The lowest BCUT2D eigenvalue weighted by atomic mass is 10.1. The van der Waals surface area contributed by atoms with Gasteiger partial charge in [0.15, 0.2) is 10.9 Å². The van der Waals surface area contributed by atoms with Gasteiger partial charge in [0.25, 0.3) is 5.91 Å². The summed E-state index contributed by atoms with van der Waals surface area (Å²) in [6.45, 7) is 7.43. The van der Waals surface area contributed by atoms with Crippen molar-refractivity contribution in [1.82, 2.24) is 20.2 Å². The molecular weight excluding hydrogens is 396 g/mol. The Balaban J connectivity index is 1.55. The third kappa shape index (κ3) is 5.67. The average molecular weight is 421 g/mol. The zero-order chi connectivity index (χ0) is 20.1. The van der Waals surface area contributed by atoms with Crippen LogP contribution in [0.25, 0.3) is 0 Å². The third-order valence-corrected chi connectivity index (χ3v) is 5.34. The molecule has 8 heteroatoms. The van der Waals surface area contributed by atoms with E-state index >= 15 is 0 Å². The highest BCUT2D eigenvalue weighted by molar-refractivity contribution is 7.98. The van der Waals surface area contributed by atoms with Crippen LogP contribution in [0.1, 0.15) is 35.5 Å². The smallest absolute Gasteiger partial charge is 0.271 e. The molecule has 2 atom stereocenters. The summed E-state index contributed by atoms with van der Waals surface area (Å²) >= 11 is 7.42. The largest absolute Gasteiger partial charge is 0.373 e. The van der Waals surface area contributed by atoms with E-state index in [9.17, 15) is 4.79 Å². The zero-order valence-electron chi connectivity index (χ0n) is 16.3. The van der Waals surface area contributed by atoms with Crippen LogP contribution in [0.3, 0.4) is 0 Å². The SMILES string of the molecule is CSc1ncc(Cl)c(C(=O)NCc2ccc(CN3C[C@@H](C)O[C@@H](C)C3)cc2)n1. The number of nitrogens with one attached hydrogen (secondary N) is 1. The molecular formula is C20H25ClN4O2S. The number of thioether (sulfide) groups is 1. The molecule has 1 fully saturated rings. The predicted octanol–water partition coefficient (Wildman–Crippen LogP) is 3.39. The molecule has 6 nitrogen and oxygen atoms in total. The van der Waals surface area contributed by atoms with E-state index in [0.717, 1.165) is 25.2 Å². The number of hydrogen-bond acceptors (Lipinski definition) is 6. The Bertz CT molecular complexity index is 808. The standard InChI is InChI=1S/C20H25ClN4O2S/c1-13-10-25(11-14(2)27-13)12-16-6-4-15(5-7-16)8-22-19(26)18-17(21)9-23-20(24-18)28-3/h4-7,9,13-14H,8,10-12H2,1-3H3,(H,22,26)/t13-,14+. The highest BCUT2D eigenvalue weighted by Crippen LogP contribution is 2.17. The van der Waals surface area contributed by atoms with Gasteiger partial charge >= 0.3 is 0 Å². The first-order valence-corrected chi connectivity index (χ1v) is 10.8. The summed E-state index contributed by atoms with van der Waals surface area (Å²) in [7, 11) is 0. The minimum atomic E-state index is -0.303. The number of carbonyl (C=O) groups excluding carboxylic acids is 1. The first-order chi connectivity index (χ1) is 13.4. The minimum Gasteiger partial charge on any atom is -0.373 e. The molecule has 0 spiro atoms. The molecule has 1 N–H and O–H groups in total. The Labute approximate surface area is 175 Å². The monoisotopic (exact) mass is 420 g/mol. The molecule has 0 bridgehead atoms. The molecule has 1 amide bonds. The molecule has 1 aliphatic heterocycles. The minimum absolute atomic E-state index is 0.202. The van der Waals surface area contributed by atoms with Crippen molar-refractivity contribution in [1.29, 1.82) is 0 Å². The maximum Gasteiger partial charge on any atom is 0.271 e. The van der Waals surface area contributed by atoms with Gasteiger partial charge in [0.2, 0.25) is 0 Å². The molecule has 1 aliphatic rings. The number of morpholine rings is 1. The molecule has 28 heavy (non-hydrogen) atoms. The molecule has 150 valence electrons. The van der Waals surface area contributed by atoms with E-state index in [-0.39, 0.29) is 28.8 Å². The molecule has 0 aliphatic carbocycles. The lowest BCUT2D eigenvalue weighted by molar-refractivity contribution is -0.0704. The maximum atomic E-state index is 12.4. The van der Waals surface area contributed by atoms with Crippen LogP contribution < -0.4 is 5.32 Å². The Morgan fingerprint density at radius 2 is 1.89 bits per heavy atom. The molecule has 2 aromatic rings. The van der Waals surface area contributed by atoms with E-state index in [1.807, 2.05) is 18.4 Å². The van der Waals surface area contributed by atoms with Crippen molar-refractivity contribution in [3.63, 3.8) is 0 Å². The van der Waals surface area contributed by atoms with E-state index in [2.05, 4.69) is 46.2 Å². The molecule has 0 saturated carbocycles. The molecule has 2 heterocycles. The summed E-state index contributed by atoms with van der Waals surface area (Å²) < 4.78 is 5.79. The topological polar surface area (TPSA) is 67.4 Å². The van der Waals surface area contributed by atoms with Gasteiger partial charge in [0, 0.05) is 26.2 Å². The van der Waals surface area contributed by atoms with Gasteiger partial charge < -0.3 is 10.1 Å². The number of hydrogen-bond donors (Lipinski definition) is 1. The summed E-state index contributed by atoms with van der Waals surface area (Å²) in [5, 5.41) is 3.64. The fraction of sp³-hybridized carbons (Fsp3) is 0.450. The molecule has 1 aromatic carbocycles. The molecule has 1 aromatic heterocycles. The summed E-state index contributed by atoms with van der Waals surface area (Å²) in [5.41, 5.74) is 2.48. The van der Waals surface area contributed by atoms with Crippen molar-refractivity contribution >= 4 is 29.3 Å². The summed E-state index contributed by atoms with van der Waals surface area (Å²) in [5.74, 6) is -0.303. The van der Waals surface area contributed by atoms with Crippen LogP contribution in [0.15, 0.2) is 35.6 Å². The maximum absolute atomic E-state index is 12.4. The summed E-state index contributed by atoms with van der Waals surface area (Å²) in [6.07, 6.45) is 3.83. The van der Waals surface area contributed by atoms with E-state index < -0.39 is 0 Å². The van der Waals surface area contributed by atoms with Crippen LogP contribution in [0.2, 0.25) is 5.02 Å².